The Morgan fingerprint density at radius 2 is 2.05 bits per heavy atom. The molecular weight excluding hydrogens is 250 g/mol. The predicted octanol–water partition coefficient (Wildman–Crippen LogP) is 2.93. The number of carbonyl (C=O) groups is 1. The number of carbonyl (C=O) groups excluding carboxylic acids is 1. The molecule has 0 radical (unpaired) electrons. The molecule has 0 saturated heterocycles. The molecule has 2 heterocycles. The topological polar surface area (TPSA) is 38.1 Å². The van der Waals surface area contributed by atoms with Gasteiger partial charge in [-0.2, -0.15) is 0 Å². The van der Waals surface area contributed by atoms with Crippen LogP contribution in [0.4, 0.5) is 0 Å². The van der Waals surface area contributed by atoms with Crippen molar-refractivity contribution in [3.05, 3.63) is 17.7 Å². The highest BCUT2D eigenvalue weighted by atomic mass is 16.2. The summed E-state index contributed by atoms with van der Waals surface area (Å²) in [6, 6.07) is 0.413. The number of imidazole rings is 1. The molecule has 0 atom stereocenters. The third kappa shape index (κ3) is 2.48. The fourth-order valence-electron chi connectivity index (χ4n) is 3.55. The molecule has 0 spiro atoms. The van der Waals surface area contributed by atoms with Crippen molar-refractivity contribution in [2.24, 2.45) is 5.92 Å². The molecule has 0 aromatic carbocycles. The lowest BCUT2D eigenvalue weighted by molar-refractivity contribution is -0.137. The first-order chi connectivity index (χ1) is 9.66. The number of fused-ring (bicyclic) bond motifs is 1. The number of aromatic nitrogens is 2. The van der Waals surface area contributed by atoms with Crippen LogP contribution in [0.1, 0.15) is 63.4 Å². The zero-order valence-electron chi connectivity index (χ0n) is 12.6. The van der Waals surface area contributed by atoms with Gasteiger partial charge in [0.2, 0.25) is 5.91 Å². The van der Waals surface area contributed by atoms with Gasteiger partial charge in [-0.1, -0.05) is 19.3 Å². The summed E-state index contributed by atoms with van der Waals surface area (Å²) in [5.41, 5.74) is 2.43. The van der Waals surface area contributed by atoms with Gasteiger partial charge in [0.15, 0.2) is 0 Å². The standard InChI is InChI=1S/C16H25N3O/c1-12(2)19-11-17-14-8-9-18(10-15(14)19)16(20)13-6-4-3-5-7-13/h11-13H,3-10H2,1-2H3. The third-order valence-electron chi connectivity index (χ3n) is 4.76. The van der Waals surface area contributed by atoms with E-state index in [1.807, 2.05) is 6.33 Å². The Hall–Kier alpha value is -1.32. The van der Waals surface area contributed by atoms with E-state index in [4.69, 9.17) is 0 Å². The molecule has 1 aromatic heterocycles. The number of rotatable bonds is 2. The highest BCUT2D eigenvalue weighted by molar-refractivity contribution is 5.79. The van der Waals surface area contributed by atoms with Gasteiger partial charge in [-0.25, -0.2) is 4.98 Å². The maximum absolute atomic E-state index is 12.7. The van der Waals surface area contributed by atoms with Crippen molar-refractivity contribution in [1.29, 1.82) is 0 Å². The second kappa shape index (κ2) is 5.58. The van der Waals surface area contributed by atoms with E-state index in [1.54, 1.807) is 0 Å². The maximum Gasteiger partial charge on any atom is 0.226 e. The van der Waals surface area contributed by atoms with Gasteiger partial charge in [-0.05, 0) is 26.7 Å². The molecular formula is C16H25N3O. The van der Waals surface area contributed by atoms with Crippen LogP contribution in [0.5, 0.6) is 0 Å². The molecule has 1 fully saturated rings. The van der Waals surface area contributed by atoms with E-state index in [-0.39, 0.29) is 5.92 Å². The Balaban J connectivity index is 1.74. The van der Waals surface area contributed by atoms with E-state index < -0.39 is 0 Å². The van der Waals surface area contributed by atoms with Crippen LogP contribution in [0.2, 0.25) is 0 Å². The molecule has 0 unspecified atom stereocenters. The average Bonchev–Trinajstić information content (AvgIpc) is 2.90. The highest BCUT2D eigenvalue weighted by Gasteiger charge is 2.30. The summed E-state index contributed by atoms with van der Waals surface area (Å²) in [4.78, 5) is 19.2. The fourth-order valence-corrected chi connectivity index (χ4v) is 3.55. The summed E-state index contributed by atoms with van der Waals surface area (Å²) >= 11 is 0. The van der Waals surface area contributed by atoms with Crippen molar-refractivity contribution < 1.29 is 4.79 Å². The first-order valence-electron chi connectivity index (χ1n) is 8.00. The molecule has 0 bridgehead atoms. The van der Waals surface area contributed by atoms with Crippen LogP contribution in [0.15, 0.2) is 6.33 Å². The smallest absolute Gasteiger partial charge is 0.226 e. The SMILES string of the molecule is CC(C)n1cnc2c1CN(C(=O)C1CCCCC1)CC2. The molecule has 110 valence electrons. The molecule has 3 rings (SSSR count). The molecule has 1 saturated carbocycles. The van der Waals surface area contributed by atoms with Crippen LogP contribution in [0.25, 0.3) is 0 Å². The van der Waals surface area contributed by atoms with Crippen LogP contribution >= 0.6 is 0 Å². The highest BCUT2D eigenvalue weighted by Crippen LogP contribution is 2.28. The van der Waals surface area contributed by atoms with E-state index in [2.05, 4.69) is 28.3 Å². The molecule has 1 aliphatic heterocycles. The summed E-state index contributed by atoms with van der Waals surface area (Å²) in [6.45, 7) is 5.94. The number of hydrogen-bond donors (Lipinski definition) is 0. The monoisotopic (exact) mass is 275 g/mol. The summed E-state index contributed by atoms with van der Waals surface area (Å²) in [5, 5.41) is 0. The van der Waals surface area contributed by atoms with Crippen LogP contribution in [0.3, 0.4) is 0 Å². The molecule has 20 heavy (non-hydrogen) atoms. The maximum atomic E-state index is 12.7. The first-order valence-corrected chi connectivity index (χ1v) is 8.00. The van der Waals surface area contributed by atoms with Crippen LogP contribution in [0, 0.1) is 5.92 Å². The first kappa shape index (κ1) is 13.7. The van der Waals surface area contributed by atoms with Crippen molar-refractivity contribution in [2.45, 2.75) is 65.0 Å². The van der Waals surface area contributed by atoms with Gasteiger partial charge >= 0.3 is 0 Å². The van der Waals surface area contributed by atoms with Gasteiger partial charge in [0, 0.05) is 24.9 Å². The van der Waals surface area contributed by atoms with Crippen LogP contribution in [-0.4, -0.2) is 26.9 Å². The molecule has 1 aromatic rings. The minimum Gasteiger partial charge on any atom is -0.336 e. The van der Waals surface area contributed by atoms with Gasteiger partial charge in [0.05, 0.1) is 24.3 Å². The van der Waals surface area contributed by atoms with Gasteiger partial charge in [-0.3, -0.25) is 4.79 Å². The second-order valence-electron chi connectivity index (χ2n) is 6.48. The van der Waals surface area contributed by atoms with E-state index >= 15 is 0 Å². The molecule has 0 N–H and O–H groups in total. The average molecular weight is 275 g/mol. The van der Waals surface area contributed by atoms with E-state index in [0.29, 0.717) is 11.9 Å². The minimum absolute atomic E-state index is 0.278. The normalized spacial score (nSPS) is 20.2. The zero-order valence-corrected chi connectivity index (χ0v) is 12.6. The van der Waals surface area contributed by atoms with Gasteiger partial charge in [0.1, 0.15) is 0 Å². The lowest BCUT2D eigenvalue weighted by Crippen LogP contribution is -2.41. The lowest BCUT2D eigenvalue weighted by Gasteiger charge is -2.32. The Labute approximate surface area is 121 Å². The van der Waals surface area contributed by atoms with Gasteiger partial charge < -0.3 is 9.47 Å². The Kier molecular flexibility index (Phi) is 3.81. The Morgan fingerprint density at radius 3 is 2.75 bits per heavy atom. The van der Waals surface area contributed by atoms with E-state index in [0.717, 1.165) is 32.4 Å². The summed E-state index contributed by atoms with van der Waals surface area (Å²) < 4.78 is 2.22. The van der Waals surface area contributed by atoms with E-state index in [1.165, 1.54) is 30.7 Å². The van der Waals surface area contributed by atoms with Crippen LogP contribution in [-0.2, 0) is 17.8 Å². The van der Waals surface area contributed by atoms with Crippen molar-refractivity contribution in [1.82, 2.24) is 14.5 Å². The lowest BCUT2D eigenvalue weighted by atomic mass is 9.88. The van der Waals surface area contributed by atoms with Gasteiger partial charge in [0.25, 0.3) is 0 Å². The Bertz CT molecular complexity index is 486. The number of nitrogens with zero attached hydrogens (tertiary/aromatic N) is 3. The largest absolute Gasteiger partial charge is 0.336 e. The van der Waals surface area contributed by atoms with Crippen molar-refractivity contribution >= 4 is 5.91 Å². The quantitative estimate of drug-likeness (QED) is 0.832. The summed E-state index contributed by atoms with van der Waals surface area (Å²) in [5.74, 6) is 0.660. The zero-order chi connectivity index (χ0) is 14.1. The van der Waals surface area contributed by atoms with Crippen LogP contribution < -0.4 is 0 Å². The fraction of sp³-hybridized carbons (Fsp3) is 0.750. The van der Waals surface area contributed by atoms with Gasteiger partial charge in [-0.15, -0.1) is 0 Å². The number of amides is 1. The molecule has 1 aliphatic carbocycles. The summed E-state index contributed by atoms with van der Waals surface area (Å²) in [6.07, 6.45) is 8.77. The Morgan fingerprint density at radius 1 is 1.30 bits per heavy atom. The molecule has 4 heteroatoms. The van der Waals surface area contributed by atoms with E-state index in [9.17, 15) is 4.79 Å². The minimum atomic E-state index is 0.278. The third-order valence-corrected chi connectivity index (χ3v) is 4.76. The van der Waals surface area contributed by atoms with Crippen molar-refractivity contribution in [3.8, 4) is 0 Å². The molecule has 4 nitrogen and oxygen atoms in total. The summed E-state index contributed by atoms with van der Waals surface area (Å²) in [7, 11) is 0. The predicted molar refractivity (Wildman–Crippen MR) is 78.3 cm³/mol. The van der Waals surface area contributed by atoms with Crippen molar-refractivity contribution in [2.75, 3.05) is 6.54 Å². The van der Waals surface area contributed by atoms with Crippen molar-refractivity contribution in [3.63, 3.8) is 0 Å². The second-order valence-corrected chi connectivity index (χ2v) is 6.48. The molecule has 2 aliphatic rings. The number of hydrogen-bond acceptors (Lipinski definition) is 2. The molecule has 1 amide bonds.